The van der Waals surface area contributed by atoms with Gasteiger partial charge in [-0.2, -0.15) is 0 Å². The van der Waals surface area contributed by atoms with Crippen LogP contribution in [-0.4, -0.2) is 107 Å². The summed E-state index contributed by atoms with van der Waals surface area (Å²) in [4.78, 5) is 44.1. The van der Waals surface area contributed by atoms with Crippen molar-refractivity contribution in [3.05, 3.63) is 65.2 Å². The summed E-state index contributed by atoms with van der Waals surface area (Å²) in [6.07, 6.45) is 4.73. The quantitative estimate of drug-likeness (QED) is 0.231. The zero-order chi connectivity index (χ0) is 37.5. The van der Waals surface area contributed by atoms with Crippen LogP contribution in [0.15, 0.2) is 42.7 Å². The van der Waals surface area contributed by atoms with Crippen molar-refractivity contribution < 1.29 is 23.1 Å². The van der Waals surface area contributed by atoms with Crippen LogP contribution < -0.4 is 15.5 Å². The van der Waals surface area contributed by atoms with Crippen LogP contribution >= 0.6 is 0 Å². The van der Waals surface area contributed by atoms with Crippen molar-refractivity contribution >= 4 is 40.0 Å². The molecule has 0 bridgehead atoms. The number of anilines is 3. The number of likely N-dealkylation sites (tertiary alicyclic amines) is 2. The van der Waals surface area contributed by atoms with E-state index in [1.165, 1.54) is 12.1 Å². The normalized spacial score (nSPS) is 24.3. The van der Waals surface area contributed by atoms with Crippen LogP contribution in [0.5, 0.6) is 0 Å². The number of carbonyl (C=O) groups excluding carboxylic acids is 2. The SMILES string of the molecule is CNC(=O)c1cc(Nc2nc(-c3ccc4c(c3)N(C3CC(N5CC[C@H](F)C5)C3)C(=O)C43CCN(C4COC4)CC3)cc3ncn(C(C)C)c23)c(F)cc1C. The molecular weight excluding hydrogens is 690 g/mol. The zero-order valence-electron chi connectivity index (χ0n) is 31.4. The maximum absolute atomic E-state index is 15.5. The van der Waals surface area contributed by atoms with E-state index in [9.17, 15) is 14.0 Å². The first-order chi connectivity index (χ1) is 26.0. The molecule has 2 N–H and O–H groups in total. The molecule has 1 spiro atoms. The van der Waals surface area contributed by atoms with Crippen molar-refractivity contribution in [3.8, 4) is 11.3 Å². The number of nitrogens with zero attached hydrogens (tertiary/aromatic N) is 6. The molecule has 5 aliphatic rings. The number of halogens is 2. The van der Waals surface area contributed by atoms with E-state index < -0.39 is 17.4 Å². The summed E-state index contributed by atoms with van der Waals surface area (Å²) in [5.41, 5.74) is 5.28. The van der Waals surface area contributed by atoms with Crippen LogP contribution in [0.25, 0.3) is 22.3 Å². The fourth-order valence-electron chi connectivity index (χ4n) is 9.41. The number of pyridine rings is 1. The molecule has 0 radical (unpaired) electrons. The van der Waals surface area contributed by atoms with Gasteiger partial charge < -0.3 is 24.8 Å². The van der Waals surface area contributed by atoms with Crippen molar-refractivity contribution in [3.63, 3.8) is 0 Å². The molecule has 4 fully saturated rings. The molecule has 284 valence electrons. The van der Waals surface area contributed by atoms with Gasteiger partial charge in [0.1, 0.15) is 17.5 Å². The van der Waals surface area contributed by atoms with E-state index in [1.807, 2.05) is 30.5 Å². The van der Waals surface area contributed by atoms with E-state index >= 15 is 4.39 Å². The van der Waals surface area contributed by atoms with E-state index in [0.29, 0.717) is 52.7 Å². The van der Waals surface area contributed by atoms with Crippen LogP contribution in [0.1, 0.15) is 73.5 Å². The Kier molecular flexibility index (Phi) is 8.74. The van der Waals surface area contributed by atoms with Gasteiger partial charge in [-0.1, -0.05) is 12.1 Å². The van der Waals surface area contributed by atoms with Crippen molar-refractivity contribution in [2.45, 2.75) is 88.6 Å². The molecule has 1 atom stereocenters. The molecule has 1 saturated carbocycles. The van der Waals surface area contributed by atoms with Crippen LogP contribution in [-0.2, 0) is 14.9 Å². The maximum Gasteiger partial charge on any atom is 0.251 e. The minimum absolute atomic E-state index is 0.0426. The van der Waals surface area contributed by atoms with Crippen LogP contribution in [0, 0.1) is 12.7 Å². The summed E-state index contributed by atoms with van der Waals surface area (Å²) >= 11 is 0. The Bertz CT molecular complexity index is 2140. The molecule has 6 heterocycles. The highest BCUT2D eigenvalue weighted by molar-refractivity contribution is 6.09. The van der Waals surface area contributed by atoms with E-state index in [1.54, 1.807) is 20.3 Å². The standard InChI is InChI=1S/C41H48F2N8O3/c1-23(2)50-22-45-35-18-33(46-38(37(35)50)47-34-17-30(39(52)44-4)24(3)13-32(34)43)25-5-6-31-36(14-25)51(28-15-27(16-28)49-10-7-26(42)19-49)40(53)41(31)8-11-48(12-9-41)29-20-54-21-29/h5-6,13-14,17-18,22-23,26-29H,7-12,15-16,19-21H2,1-4H3,(H,44,52)(H,46,47)/t26-,27?,28?/m0/s1. The number of benzene rings is 2. The molecule has 54 heavy (non-hydrogen) atoms. The number of aromatic nitrogens is 3. The lowest BCUT2D eigenvalue weighted by Crippen LogP contribution is -2.59. The highest BCUT2D eigenvalue weighted by Gasteiger charge is 2.56. The third-order valence-electron chi connectivity index (χ3n) is 12.8. The van der Waals surface area contributed by atoms with Gasteiger partial charge in [0.25, 0.3) is 5.91 Å². The lowest BCUT2D eigenvalue weighted by atomic mass is 9.73. The van der Waals surface area contributed by atoms with Gasteiger partial charge in [0.05, 0.1) is 47.9 Å². The Morgan fingerprint density at radius 2 is 1.80 bits per heavy atom. The molecule has 13 heteroatoms. The van der Waals surface area contributed by atoms with Gasteiger partial charge in [0.15, 0.2) is 5.82 Å². The molecule has 1 aliphatic carbocycles. The summed E-state index contributed by atoms with van der Waals surface area (Å²) < 4.78 is 37.1. The molecule has 3 saturated heterocycles. The van der Waals surface area contributed by atoms with Gasteiger partial charge in [-0.05, 0) is 101 Å². The number of aryl methyl sites for hydroxylation is 1. The fourth-order valence-corrected chi connectivity index (χ4v) is 9.41. The zero-order valence-corrected chi connectivity index (χ0v) is 31.4. The number of amides is 2. The highest BCUT2D eigenvalue weighted by Crippen LogP contribution is 2.52. The van der Waals surface area contributed by atoms with Gasteiger partial charge >= 0.3 is 0 Å². The Hall–Kier alpha value is -4.46. The third-order valence-corrected chi connectivity index (χ3v) is 12.8. The summed E-state index contributed by atoms with van der Waals surface area (Å²) in [5.74, 6) is -0.221. The fraction of sp³-hybridized carbons (Fsp3) is 0.512. The number of alkyl halides is 1. The second kappa shape index (κ2) is 13.4. The minimum Gasteiger partial charge on any atom is -0.378 e. The average Bonchev–Trinajstić information content (AvgIpc) is 3.81. The van der Waals surface area contributed by atoms with E-state index in [-0.39, 0.29) is 35.6 Å². The van der Waals surface area contributed by atoms with Crippen LogP contribution in [0.3, 0.4) is 0 Å². The minimum atomic E-state index is -0.771. The van der Waals surface area contributed by atoms with Crippen molar-refractivity contribution in [1.29, 1.82) is 0 Å². The largest absolute Gasteiger partial charge is 0.378 e. The second-order valence-corrected chi connectivity index (χ2v) is 16.2. The van der Waals surface area contributed by atoms with E-state index in [0.717, 1.165) is 75.3 Å². The smallest absolute Gasteiger partial charge is 0.251 e. The Morgan fingerprint density at radius 3 is 2.46 bits per heavy atom. The number of hydrogen-bond donors (Lipinski definition) is 2. The summed E-state index contributed by atoms with van der Waals surface area (Å²) in [6.45, 7) is 10.2. The number of fused-ring (bicyclic) bond motifs is 3. The second-order valence-electron chi connectivity index (χ2n) is 16.2. The van der Waals surface area contributed by atoms with Gasteiger partial charge in [-0.15, -0.1) is 0 Å². The molecule has 9 rings (SSSR count). The summed E-state index contributed by atoms with van der Waals surface area (Å²) in [7, 11) is 1.55. The van der Waals surface area contributed by atoms with Gasteiger partial charge in [-0.25, -0.2) is 18.7 Å². The molecule has 0 unspecified atom stereocenters. The number of ether oxygens (including phenoxy) is 1. The van der Waals surface area contributed by atoms with Crippen molar-refractivity contribution in [2.75, 3.05) is 56.7 Å². The first-order valence-electron chi connectivity index (χ1n) is 19.4. The predicted octanol–water partition coefficient (Wildman–Crippen LogP) is 5.88. The molecule has 4 aromatic rings. The topological polar surface area (TPSA) is 108 Å². The van der Waals surface area contributed by atoms with E-state index in [2.05, 4.69) is 37.5 Å². The lowest BCUT2D eigenvalue weighted by molar-refractivity contribution is -0.128. The van der Waals surface area contributed by atoms with Crippen molar-refractivity contribution in [2.24, 2.45) is 0 Å². The Morgan fingerprint density at radius 1 is 1.02 bits per heavy atom. The number of piperidine rings is 1. The Labute approximate surface area is 314 Å². The van der Waals surface area contributed by atoms with Crippen LogP contribution in [0.4, 0.5) is 26.0 Å². The number of nitrogens with one attached hydrogen (secondary N) is 2. The van der Waals surface area contributed by atoms with Gasteiger partial charge in [0.2, 0.25) is 5.91 Å². The summed E-state index contributed by atoms with van der Waals surface area (Å²) in [5, 5.41) is 5.86. The lowest BCUT2D eigenvalue weighted by Gasteiger charge is -2.47. The molecule has 2 aromatic heterocycles. The monoisotopic (exact) mass is 738 g/mol. The molecule has 11 nitrogen and oxygen atoms in total. The Balaban J connectivity index is 1.10. The highest BCUT2D eigenvalue weighted by atomic mass is 19.1. The van der Waals surface area contributed by atoms with Gasteiger partial charge in [0, 0.05) is 55.1 Å². The van der Waals surface area contributed by atoms with Crippen LogP contribution in [0.2, 0.25) is 0 Å². The molecule has 2 aromatic carbocycles. The van der Waals surface area contributed by atoms with Gasteiger partial charge in [-0.3, -0.25) is 19.4 Å². The van der Waals surface area contributed by atoms with E-state index in [4.69, 9.17) is 14.7 Å². The first-order valence-corrected chi connectivity index (χ1v) is 19.4. The third kappa shape index (κ3) is 5.69. The average molecular weight is 739 g/mol. The number of carbonyl (C=O) groups is 2. The summed E-state index contributed by atoms with van der Waals surface area (Å²) in [6, 6.07) is 11.9. The molecular formula is C41H48F2N8O3. The maximum atomic E-state index is 15.5. The number of imidazole rings is 1. The molecule has 4 aliphatic heterocycles. The van der Waals surface area contributed by atoms with Crippen molar-refractivity contribution in [1.82, 2.24) is 29.7 Å². The predicted molar refractivity (Wildman–Crippen MR) is 204 cm³/mol. The molecule has 2 amide bonds. The first kappa shape index (κ1) is 35.3. The number of hydrogen-bond acceptors (Lipinski definition) is 8. The number of rotatable bonds is 8.